The van der Waals surface area contributed by atoms with Crippen molar-refractivity contribution in [2.45, 2.75) is 25.4 Å². The van der Waals surface area contributed by atoms with Crippen LogP contribution in [-0.4, -0.2) is 30.2 Å². The Morgan fingerprint density at radius 2 is 1.90 bits per heavy atom. The van der Waals surface area contributed by atoms with E-state index in [1.165, 1.54) is 6.07 Å². The molecule has 0 aromatic carbocycles. The van der Waals surface area contributed by atoms with E-state index in [1.807, 2.05) is 0 Å². The van der Waals surface area contributed by atoms with E-state index in [1.54, 1.807) is 7.11 Å². The molecule has 0 atom stereocenters. The van der Waals surface area contributed by atoms with Crippen molar-refractivity contribution in [2.24, 2.45) is 5.84 Å². The molecule has 0 radical (unpaired) electrons. The Labute approximate surface area is 114 Å². The molecule has 6 nitrogen and oxygen atoms in total. The average molecular weight is 293 g/mol. The monoisotopic (exact) mass is 293 g/mol. The fourth-order valence-corrected chi connectivity index (χ4v) is 1.50. The van der Waals surface area contributed by atoms with E-state index in [0.717, 1.165) is 19.3 Å². The maximum atomic E-state index is 12.6. The minimum atomic E-state index is -4.61. The van der Waals surface area contributed by atoms with E-state index in [0.29, 0.717) is 13.2 Å². The predicted octanol–water partition coefficient (Wildman–Crippen LogP) is 2.01. The number of hydrogen-bond donors (Lipinski definition) is 3. The molecule has 20 heavy (non-hydrogen) atoms. The lowest BCUT2D eigenvalue weighted by atomic mass is 10.2. The van der Waals surface area contributed by atoms with Gasteiger partial charge in [0.15, 0.2) is 0 Å². The molecule has 0 unspecified atom stereocenters. The molecule has 0 aliphatic heterocycles. The number of nitrogens with one attached hydrogen (secondary N) is 2. The number of ether oxygens (including phenoxy) is 1. The van der Waals surface area contributed by atoms with Crippen LogP contribution < -0.4 is 16.6 Å². The van der Waals surface area contributed by atoms with Gasteiger partial charge in [-0.1, -0.05) is 0 Å². The third kappa shape index (κ3) is 5.57. The number of nitrogens with zero attached hydrogens (tertiary/aromatic N) is 2. The molecular formula is C11H18F3N5O. The summed E-state index contributed by atoms with van der Waals surface area (Å²) in [5.74, 6) is 3.87. The third-order valence-corrected chi connectivity index (χ3v) is 2.46. The van der Waals surface area contributed by atoms with Gasteiger partial charge in [-0.3, -0.25) is 0 Å². The zero-order valence-corrected chi connectivity index (χ0v) is 11.1. The lowest BCUT2D eigenvalue weighted by Crippen LogP contribution is -2.17. The van der Waals surface area contributed by atoms with Crippen LogP contribution in [0.25, 0.3) is 0 Å². The highest BCUT2D eigenvalue weighted by molar-refractivity contribution is 5.47. The minimum Gasteiger partial charge on any atom is -0.385 e. The van der Waals surface area contributed by atoms with Crippen molar-refractivity contribution in [3.05, 3.63) is 11.9 Å². The van der Waals surface area contributed by atoms with Crippen molar-refractivity contribution in [1.29, 1.82) is 0 Å². The van der Waals surface area contributed by atoms with Gasteiger partial charge in [0.25, 0.3) is 0 Å². The molecule has 1 aromatic rings. The molecule has 0 aliphatic carbocycles. The molecule has 0 spiro atoms. The molecule has 0 amide bonds. The number of anilines is 2. The van der Waals surface area contributed by atoms with E-state index in [2.05, 4.69) is 20.7 Å². The first-order chi connectivity index (χ1) is 9.47. The van der Waals surface area contributed by atoms with Crippen molar-refractivity contribution in [3.8, 4) is 0 Å². The molecule has 1 aromatic heterocycles. The first kappa shape index (κ1) is 16.4. The summed E-state index contributed by atoms with van der Waals surface area (Å²) in [5.41, 5.74) is 2.09. The molecule has 4 N–H and O–H groups in total. The van der Waals surface area contributed by atoms with Crippen molar-refractivity contribution < 1.29 is 17.9 Å². The van der Waals surface area contributed by atoms with E-state index in [-0.39, 0.29) is 11.6 Å². The maximum absolute atomic E-state index is 12.6. The van der Waals surface area contributed by atoms with E-state index in [9.17, 15) is 13.2 Å². The average Bonchev–Trinajstić information content (AvgIpc) is 2.41. The Hall–Kier alpha value is -1.61. The quantitative estimate of drug-likeness (QED) is 0.386. The van der Waals surface area contributed by atoms with Crippen LogP contribution in [0.2, 0.25) is 0 Å². The Morgan fingerprint density at radius 1 is 1.20 bits per heavy atom. The summed E-state index contributed by atoms with van der Waals surface area (Å²) in [6.07, 6.45) is -1.98. The number of unbranched alkanes of at least 4 members (excludes halogenated alkanes) is 2. The summed E-state index contributed by atoms with van der Waals surface area (Å²) in [5, 5.41) is 2.82. The van der Waals surface area contributed by atoms with Crippen LogP contribution in [0, 0.1) is 0 Å². The SMILES string of the molecule is COCCCCCNc1cc(NN)nc(C(F)(F)F)n1. The number of rotatable bonds is 8. The first-order valence-corrected chi connectivity index (χ1v) is 6.13. The Bertz CT molecular complexity index is 414. The van der Waals surface area contributed by atoms with Gasteiger partial charge in [0, 0.05) is 26.3 Å². The van der Waals surface area contributed by atoms with E-state index < -0.39 is 12.0 Å². The lowest BCUT2D eigenvalue weighted by molar-refractivity contribution is -0.144. The maximum Gasteiger partial charge on any atom is 0.451 e. The second-order valence-corrected chi connectivity index (χ2v) is 4.08. The van der Waals surface area contributed by atoms with E-state index >= 15 is 0 Å². The molecule has 1 rings (SSSR count). The van der Waals surface area contributed by atoms with Crippen molar-refractivity contribution in [1.82, 2.24) is 9.97 Å². The van der Waals surface area contributed by atoms with Gasteiger partial charge in [0.1, 0.15) is 11.6 Å². The summed E-state index contributed by atoms with van der Waals surface area (Å²) >= 11 is 0. The van der Waals surface area contributed by atoms with Gasteiger partial charge in [-0.25, -0.2) is 15.8 Å². The Morgan fingerprint density at radius 3 is 2.50 bits per heavy atom. The topological polar surface area (TPSA) is 85.1 Å². The lowest BCUT2D eigenvalue weighted by Gasteiger charge is -2.11. The smallest absolute Gasteiger partial charge is 0.385 e. The number of nitrogens with two attached hydrogens (primary N) is 1. The zero-order valence-electron chi connectivity index (χ0n) is 11.1. The van der Waals surface area contributed by atoms with Gasteiger partial charge in [-0.05, 0) is 19.3 Å². The fraction of sp³-hybridized carbons (Fsp3) is 0.636. The molecule has 0 saturated heterocycles. The number of alkyl halides is 3. The summed E-state index contributed by atoms with van der Waals surface area (Å²) in [4.78, 5) is 6.68. The van der Waals surface area contributed by atoms with Crippen LogP contribution in [-0.2, 0) is 10.9 Å². The van der Waals surface area contributed by atoms with Crippen molar-refractivity contribution in [3.63, 3.8) is 0 Å². The number of nitrogen functional groups attached to an aromatic ring is 1. The first-order valence-electron chi connectivity index (χ1n) is 6.13. The van der Waals surface area contributed by atoms with Gasteiger partial charge in [0.05, 0.1) is 0 Å². The normalized spacial score (nSPS) is 11.4. The number of aromatic nitrogens is 2. The van der Waals surface area contributed by atoms with Crippen molar-refractivity contribution in [2.75, 3.05) is 31.0 Å². The summed E-state index contributed by atoms with van der Waals surface area (Å²) < 4.78 is 42.6. The van der Waals surface area contributed by atoms with Crippen LogP contribution in [0.3, 0.4) is 0 Å². The highest BCUT2D eigenvalue weighted by Crippen LogP contribution is 2.28. The molecular weight excluding hydrogens is 275 g/mol. The van der Waals surface area contributed by atoms with Gasteiger partial charge < -0.3 is 15.5 Å². The highest BCUT2D eigenvalue weighted by atomic mass is 19.4. The molecule has 0 saturated carbocycles. The standard InChI is InChI=1S/C11H18F3N5O/c1-20-6-4-2-3-5-16-8-7-9(19-15)18-10(17-8)11(12,13)14/h7H,2-6,15H2,1H3,(H2,16,17,18,19). The molecule has 114 valence electrons. The van der Waals surface area contributed by atoms with Crippen LogP contribution in [0.5, 0.6) is 0 Å². The number of methoxy groups -OCH3 is 1. The van der Waals surface area contributed by atoms with Gasteiger partial charge in [-0.2, -0.15) is 13.2 Å². The number of hydrazine groups is 1. The van der Waals surface area contributed by atoms with Crippen molar-refractivity contribution >= 4 is 11.6 Å². The molecule has 0 aliphatic rings. The van der Waals surface area contributed by atoms with Crippen LogP contribution in [0.15, 0.2) is 6.07 Å². The van der Waals surface area contributed by atoms with Gasteiger partial charge in [0.2, 0.25) is 5.82 Å². The largest absolute Gasteiger partial charge is 0.451 e. The summed E-state index contributed by atoms with van der Waals surface area (Å²) in [7, 11) is 1.62. The van der Waals surface area contributed by atoms with Crippen LogP contribution in [0.1, 0.15) is 25.1 Å². The van der Waals surface area contributed by atoms with Crippen LogP contribution in [0.4, 0.5) is 24.8 Å². The van der Waals surface area contributed by atoms with E-state index in [4.69, 9.17) is 10.6 Å². The highest BCUT2D eigenvalue weighted by Gasteiger charge is 2.35. The molecule has 0 bridgehead atoms. The van der Waals surface area contributed by atoms with Gasteiger partial charge >= 0.3 is 6.18 Å². The molecule has 0 fully saturated rings. The second kappa shape index (κ2) is 7.85. The van der Waals surface area contributed by atoms with Crippen LogP contribution >= 0.6 is 0 Å². The zero-order chi connectivity index (χ0) is 15.0. The Balaban J connectivity index is 2.56. The minimum absolute atomic E-state index is 0.0887. The Kier molecular flexibility index (Phi) is 6.46. The summed E-state index contributed by atoms with van der Waals surface area (Å²) in [6.45, 7) is 1.19. The molecule has 1 heterocycles. The second-order valence-electron chi connectivity index (χ2n) is 4.08. The predicted molar refractivity (Wildman–Crippen MR) is 69.1 cm³/mol. The number of hydrogen-bond acceptors (Lipinski definition) is 6. The van der Waals surface area contributed by atoms with Gasteiger partial charge in [-0.15, -0.1) is 0 Å². The summed E-state index contributed by atoms with van der Waals surface area (Å²) in [6, 6.07) is 1.32. The third-order valence-electron chi connectivity index (χ3n) is 2.46. The fourth-order valence-electron chi connectivity index (χ4n) is 1.50. The molecule has 9 heteroatoms. The number of halogens is 3.